The number of hydrogen-bond acceptors (Lipinski definition) is 2. The number of aromatic nitrogens is 2. The van der Waals surface area contributed by atoms with Gasteiger partial charge in [-0.25, -0.2) is 9.78 Å². The van der Waals surface area contributed by atoms with Crippen LogP contribution in [0.25, 0.3) is 11.0 Å². The lowest BCUT2D eigenvalue weighted by atomic mass is 9.95. The molecule has 5 nitrogen and oxygen atoms in total. The Kier molecular flexibility index (Phi) is 4.41. The third-order valence-corrected chi connectivity index (χ3v) is 5.56. The molecule has 1 saturated carbocycles. The number of likely N-dealkylation sites (tertiary alicyclic amines) is 1. The van der Waals surface area contributed by atoms with E-state index < -0.39 is 0 Å². The molecular weight excluding hydrogens is 300 g/mol. The summed E-state index contributed by atoms with van der Waals surface area (Å²) in [5.74, 6) is 0. The maximum Gasteiger partial charge on any atom is 0.317 e. The first kappa shape index (κ1) is 15.5. The average molecular weight is 326 g/mol. The largest absolute Gasteiger partial charge is 0.335 e. The van der Waals surface area contributed by atoms with E-state index in [1.165, 1.54) is 24.8 Å². The van der Waals surface area contributed by atoms with Crippen LogP contribution in [-0.4, -0.2) is 39.6 Å². The summed E-state index contributed by atoms with van der Waals surface area (Å²) < 4.78 is 2.28. The first-order valence-electron chi connectivity index (χ1n) is 9.28. The van der Waals surface area contributed by atoms with E-state index >= 15 is 0 Å². The molecule has 2 heterocycles. The Bertz CT molecular complexity index is 696. The van der Waals surface area contributed by atoms with Crippen molar-refractivity contribution in [1.29, 1.82) is 0 Å². The maximum atomic E-state index is 12.5. The molecule has 1 N–H and O–H groups in total. The molecule has 0 bridgehead atoms. The first-order chi connectivity index (χ1) is 11.8. The zero-order chi connectivity index (χ0) is 16.4. The van der Waals surface area contributed by atoms with Crippen LogP contribution in [0.4, 0.5) is 4.79 Å². The molecule has 24 heavy (non-hydrogen) atoms. The van der Waals surface area contributed by atoms with Gasteiger partial charge >= 0.3 is 6.03 Å². The minimum atomic E-state index is 0.135. The van der Waals surface area contributed by atoms with E-state index in [9.17, 15) is 4.79 Å². The second-order valence-corrected chi connectivity index (χ2v) is 7.14. The first-order valence-corrected chi connectivity index (χ1v) is 9.28. The van der Waals surface area contributed by atoms with Crippen molar-refractivity contribution in [2.24, 2.45) is 0 Å². The van der Waals surface area contributed by atoms with E-state index in [-0.39, 0.29) is 6.03 Å². The Morgan fingerprint density at radius 1 is 1.04 bits per heavy atom. The molecule has 1 aromatic carbocycles. The Balaban J connectivity index is 1.35. The molecule has 1 aliphatic heterocycles. The number of para-hydroxylation sites is 2. The van der Waals surface area contributed by atoms with Crippen molar-refractivity contribution >= 4 is 17.1 Å². The van der Waals surface area contributed by atoms with E-state index in [1.807, 2.05) is 17.3 Å². The van der Waals surface area contributed by atoms with Crippen LogP contribution in [0.5, 0.6) is 0 Å². The number of carbonyl (C=O) groups excluding carboxylic acids is 1. The molecule has 0 radical (unpaired) electrons. The third-order valence-electron chi connectivity index (χ3n) is 5.56. The minimum absolute atomic E-state index is 0.135. The SMILES string of the molecule is O=C(NC1CCCCC1)N1CCC(n2cnc3ccccc32)CC1. The highest BCUT2D eigenvalue weighted by Gasteiger charge is 2.26. The van der Waals surface area contributed by atoms with Crippen molar-refractivity contribution in [3.63, 3.8) is 0 Å². The molecule has 4 rings (SSSR count). The van der Waals surface area contributed by atoms with Gasteiger partial charge in [0.05, 0.1) is 17.4 Å². The van der Waals surface area contributed by atoms with Crippen LogP contribution in [0.15, 0.2) is 30.6 Å². The van der Waals surface area contributed by atoms with Gasteiger partial charge < -0.3 is 14.8 Å². The Labute approximate surface area is 143 Å². The summed E-state index contributed by atoms with van der Waals surface area (Å²) in [5.41, 5.74) is 2.25. The van der Waals surface area contributed by atoms with Gasteiger partial charge in [-0.15, -0.1) is 0 Å². The summed E-state index contributed by atoms with van der Waals surface area (Å²) in [6.45, 7) is 1.66. The smallest absolute Gasteiger partial charge is 0.317 e. The van der Waals surface area contributed by atoms with Crippen LogP contribution in [-0.2, 0) is 0 Å². The molecule has 0 spiro atoms. The maximum absolute atomic E-state index is 12.5. The number of nitrogens with one attached hydrogen (secondary N) is 1. The van der Waals surface area contributed by atoms with Gasteiger partial charge in [0.2, 0.25) is 0 Å². The summed E-state index contributed by atoms with van der Waals surface area (Å²) in [6.07, 6.45) is 10.1. The van der Waals surface area contributed by atoms with Crippen molar-refractivity contribution in [3.05, 3.63) is 30.6 Å². The van der Waals surface area contributed by atoms with Crippen LogP contribution in [0, 0.1) is 0 Å². The zero-order valence-electron chi connectivity index (χ0n) is 14.2. The molecule has 2 aliphatic rings. The predicted molar refractivity (Wildman–Crippen MR) is 95.0 cm³/mol. The van der Waals surface area contributed by atoms with Crippen molar-refractivity contribution in [2.75, 3.05) is 13.1 Å². The monoisotopic (exact) mass is 326 g/mol. The van der Waals surface area contributed by atoms with Gasteiger partial charge in [-0.1, -0.05) is 31.4 Å². The lowest BCUT2D eigenvalue weighted by Crippen LogP contribution is -2.48. The molecule has 2 fully saturated rings. The zero-order valence-corrected chi connectivity index (χ0v) is 14.2. The second-order valence-electron chi connectivity index (χ2n) is 7.14. The van der Waals surface area contributed by atoms with Gasteiger partial charge in [-0.2, -0.15) is 0 Å². The van der Waals surface area contributed by atoms with Crippen LogP contribution in [0.2, 0.25) is 0 Å². The highest BCUT2D eigenvalue weighted by Crippen LogP contribution is 2.26. The normalized spacial score (nSPS) is 20.4. The number of amides is 2. The van der Waals surface area contributed by atoms with E-state index in [2.05, 4.69) is 33.1 Å². The number of fused-ring (bicyclic) bond motifs is 1. The van der Waals surface area contributed by atoms with Crippen molar-refractivity contribution < 1.29 is 4.79 Å². The molecule has 2 amide bonds. The number of hydrogen-bond donors (Lipinski definition) is 1. The Morgan fingerprint density at radius 2 is 1.79 bits per heavy atom. The molecule has 1 saturated heterocycles. The number of nitrogens with zero attached hydrogens (tertiary/aromatic N) is 3. The highest BCUT2D eigenvalue weighted by molar-refractivity contribution is 5.75. The standard InChI is InChI=1S/C19H26N4O/c24-19(21-15-6-2-1-3-7-15)22-12-10-16(11-13-22)23-14-20-17-8-4-5-9-18(17)23/h4-5,8-9,14-16H,1-3,6-7,10-13H2,(H,21,24). The quantitative estimate of drug-likeness (QED) is 0.914. The predicted octanol–water partition coefficient (Wildman–Crippen LogP) is 3.72. The molecule has 0 atom stereocenters. The lowest BCUT2D eigenvalue weighted by Gasteiger charge is -2.34. The van der Waals surface area contributed by atoms with Crippen LogP contribution >= 0.6 is 0 Å². The topological polar surface area (TPSA) is 50.2 Å². The number of urea groups is 1. The summed E-state index contributed by atoms with van der Waals surface area (Å²) in [5, 5.41) is 3.24. The fourth-order valence-corrected chi connectivity index (χ4v) is 4.13. The number of carbonyl (C=O) groups is 1. The van der Waals surface area contributed by atoms with E-state index in [0.717, 1.165) is 44.3 Å². The van der Waals surface area contributed by atoms with E-state index in [4.69, 9.17) is 0 Å². The molecule has 128 valence electrons. The molecular formula is C19H26N4O. The Hall–Kier alpha value is -2.04. The van der Waals surface area contributed by atoms with E-state index in [0.29, 0.717) is 12.1 Å². The number of rotatable bonds is 2. The molecule has 1 aliphatic carbocycles. The number of imidazole rings is 1. The van der Waals surface area contributed by atoms with Crippen LogP contribution < -0.4 is 5.32 Å². The second kappa shape index (κ2) is 6.83. The highest BCUT2D eigenvalue weighted by atomic mass is 16.2. The van der Waals surface area contributed by atoms with Crippen LogP contribution in [0.1, 0.15) is 51.0 Å². The average Bonchev–Trinajstić information content (AvgIpc) is 3.07. The fraction of sp³-hybridized carbons (Fsp3) is 0.579. The van der Waals surface area contributed by atoms with Crippen molar-refractivity contribution in [3.8, 4) is 0 Å². The van der Waals surface area contributed by atoms with Gasteiger partial charge in [-0.05, 0) is 37.8 Å². The van der Waals surface area contributed by atoms with Gasteiger partial charge in [0.15, 0.2) is 0 Å². The molecule has 0 unspecified atom stereocenters. The summed E-state index contributed by atoms with van der Waals surface area (Å²) >= 11 is 0. The number of benzene rings is 1. The van der Waals surface area contributed by atoms with Gasteiger partial charge in [0.1, 0.15) is 0 Å². The summed E-state index contributed by atoms with van der Waals surface area (Å²) in [4.78, 5) is 19.0. The lowest BCUT2D eigenvalue weighted by molar-refractivity contribution is 0.166. The summed E-state index contributed by atoms with van der Waals surface area (Å²) in [6, 6.07) is 9.24. The summed E-state index contributed by atoms with van der Waals surface area (Å²) in [7, 11) is 0. The van der Waals surface area contributed by atoms with Crippen molar-refractivity contribution in [1.82, 2.24) is 19.8 Å². The number of piperidine rings is 1. The Morgan fingerprint density at radius 3 is 2.58 bits per heavy atom. The molecule has 1 aromatic heterocycles. The van der Waals surface area contributed by atoms with E-state index in [1.54, 1.807) is 0 Å². The molecule has 2 aromatic rings. The van der Waals surface area contributed by atoms with Crippen LogP contribution in [0.3, 0.4) is 0 Å². The van der Waals surface area contributed by atoms with Gasteiger partial charge in [0, 0.05) is 25.2 Å². The van der Waals surface area contributed by atoms with Crippen molar-refractivity contribution in [2.45, 2.75) is 57.0 Å². The minimum Gasteiger partial charge on any atom is -0.335 e. The fourth-order valence-electron chi connectivity index (χ4n) is 4.13. The van der Waals surface area contributed by atoms with Gasteiger partial charge in [-0.3, -0.25) is 0 Å². The van der Waals surface area contributed by atoms with Gasteiger partial charge in [0.25, 0.3) is 0 Å². The molecule has 5 heteroatoms. The third kappa shape index (κ3) is 3.12.